The topological polar surface area (TPSA) is 85.0 Å². The highest BCUT2D eigenvalue weighted by molar-refractivity contribution is 5.85. The Morgan fingerprint density at radius 3 is 2.57 bits per heavy atom. The van der Waals surface area contributed by atoms with Gasteiger partial charge in [0.1, 0.15) is 17.6 Å². The summed E-state index contributed by atoms with van der Waals surface area (Å²) in [5.74, 6) is 1.19. The molecule has 2 rings (SSSR count). The second-order valence-corrected chi connectivity index (χ2v) is 4.69. The number of ether oxygens (including phenoxy) is 2. The van der Waals surface area contributed by atoms with Crippen molar-refractivity contribution in [1.82, 2.24) is 4.90 Å². The van der Waals surface area contributed by atoms with E-state index >= 15 is 0 Å². The monoisotopic (exact) mass is 316 g/mol. The first-order valence-corrected chi connectivity index (χ1v) is 6.52. The van der Waals surface area contributed by atoms with Crippen molar-refractivity contribution in [1.29, 1.82) is 0 Å². The van der Waals surface area contributed by atoms with Crippen LogP contribution < -0.4 is 15.2 Å². The SMILES string of the molecule is COc1ccc(OC)c2c1CN(C(=O)CCN)CC2O.Cl. The van der Waals surface area contributed by atoms with Crippen molar-refractivity contribution in [3.8, 4) is 11.5 Å². The summed E-state index contributed by atoms with van der Waals surface area (Å²) >= 11 is 0. The molecule has 0 saturated heterocycles. The highest BCUT2D eigenvalue weighted by atomic mass is 35.5. The molecule has 1 heterocycles. The molecule has 118 valence electrons. The van der Waals surface area contributed by atoms with Gasteiger partial charge in [0.2, 0.25) is 5.91 Å². The number of β-amino-alcohol motifs (C(OH)–C–C–N with tert-alkyl or cyclic N) is 1. The molecule has 0 aromatic heterocycles. The largest absolute Gasteiger partial charge is 0.496 e. The van der Waals surface area contributed by atoms with Gasteiger partial charge in [0.15, 0.2) is 0 Å². The number of hydrogen-bond donors (Lipinski definition) is 2. The molecule has 1 amide bonds. The molecule has 0 fully saturated rings. The van der Waals surface area contributed by atoms with E-state index in [1.165, 1.54) is 0 Å². The van der Waals surface area contributed by atoms with Crippen LogP contribution in [0.25, 0.3) is 0 Å². The van der Waals surface area contributed by atoms with Crippen molar-refractivity contribution in [2.24, 2.45) is 5.73 Å². The average Bonchev–Trinajstić information content (AvgIpc) is 2.46. The maximum atomic E-state index is 12.0. The number of fused-ring (bicyclic) bond motifs is 1. The smallest absolute Gasteiger partial charge is 0.224 e. The lowest BCUT2D eigenvalue weighted by Crippen LogP contribution is -2.39. The number of aliphatic hydroxyl groups is 1. The Morgan fingerprint density at radius 1 is 1.38 bits per heavy atom. The third kappa shape index (κ3) is 3.40. The normalized spacial score (nSPS) is 16.8. The first-order valence-electron chi connectivity index (χ1n) is 6.52. The van der Waals surface area contributed by atoms with Crippen LogP contribution in [0, 0.1) is 0 Å². The molecule has 0 bridgehead atoms. The van der Waals surface area contributed by atoms with Gasteiger partial charge in [0.25, 0.3) is 0 Å². The maximum Gasteiger partial charge on any atom is 0.224 e. The standard InChI is InChI=1S/C14H20N2O4.ClH/c1-19-11-3-4-12(20-2)14-9(11)7-16(8-10(14)17)13(18)5-6-15;/h3-4,10,17H,5-8,15H2,1-2H3;1H. The second kappa shape index (κ2) is 7.49. The summed E-state index contributed by atoms with van der Waals surface area (Å²) in [6.45, 7) is 0.939. The first-order chi connectivity index (χ1) is 9.62. The van der Waals surface area contributed by atoms with Crippen LogP contribution >= 0.6 is 12.4 Å². The Labute approximate surface area is 130 Å². The number of carbonyl (C=O) groups excluding carboxylic acids is 1. The minimum absolute atomic E-state index is 0. The summed E-state index contributed by atoms with van der Waals surface area (Å²) in [5, 5.41) is 10.3. The molecule has 0 spiro atoms. The minimum atomic E-state index is -0.787. The van der Waals surface area contributed by atoms with E-state index in [9.17, 15) is 9.90 Å². The van der Waals surface area contributed by atoms with Gasteiger partial charge in [-0.3, -0.25) is 4.79 Å². The lowest BCUT2D eigenvalue weighted by Gasteiger charge is -2.34. The number of halogens is 1. The second-order valence-electron chi connectivity index (χ2n) is 4.69. The predicted octanol–water partition coefficient (Wildman–Crippen LogP) is 0.850. The van der Waals surface area contributed by atoms with E-state index in [1.807, 2.05) is 0 Å². The lowest BCUT2D eigenvalue weighted by molar-refractivity contribution is -0.133. The fourth-order valence-corrected chi connectivity index (χ4v) is 2.55. The summed E-state index contributed by atoms with van der Waals surface area (Å²) in [4.78, 5) is 13.6. The lowest BCUT2D eigenvalue weighted by atomic mass is 9.95. The molecule has 1 aliphatic heterocycles. The third-order valence-corrected chi connectivity index (χ3v) is 3.50. The zero-order valence-electron chi connectivity index (χ0n) is 12.2. The Hall–Kier alpha value is -1.50. The van der Waals surface area contributed by atoms with Gasteiger partial charge in [0.05, 0.1) is 20.8 Å². The molecule has 6 nitrogen and oxygen atoms in total. The van der Waals surface area contributed by atoms with Crippen molar-refractivity contribution < 1.29 is 19.4 Å². The van der Waals surface area contributed by atoms with Gasteiger partial charge < -0.3 is 25.2 Å². The van der Waals surface area contributed by atoms with E-state index in [1.54, 1.807) is 31.3 Å². The summed E-state index contributed by atoms with van der Waals surface area (Å²) < 4.78 is 10.6. The number of methoxy groups -OCH3 is 2. The number of rotatable bonds is 4. The molecule has 7 heteroatoms. The summed E-state index contributed by atoms with van der Waals surface area (Å²) in [6, 6.07) is 3.54. The predicted molar refractivity (Wildman–Crippen MR) is 80.8 cm³/mol. The van der Waals surface area contributed by atoms with Gasteiger partial charge in [-0.05, 0) is 12.1 Å². The summed E-state index contributed by atoms with van der Waals surface area (Å²) in [5.41, 5.74) is 6.90. The highest BCUT2D eigenvalue weighted by Gasteiger charge is 2.31. The van der Waals surface area contributed by atoms with Crippen LogP contribution in [0.3, 0.4) is 0 Å². The molecule has 1 atom stereocenters. The number of hydrogen-bond acceptors (Lipinski definition) is 5. The van der Waals surface area contributed by atoms with E-state index < -0.39 is 6.10 Å². The van der Waals surface area contributed by atoms with Crippen LogP contribution in [-0.4, -0.2) is 43.2 Å². The van der Waals surface area contributed by atoms with Gasteiger partial charge in [-0.2, -0.15) is 0 Å². The molecule has 0 saturated carbocycles. The van der Waals surface area contributed by atoms with Crippen LogP contribution in [0.15, 0.2) is 12.1 Å². The molecule has 1 aromatic rings. The fourth-order valence-electron chi connectivity index (χ4n) is 2.55. The van der Waals surface area contributed by atoms with Gasteiger partial charge in [-0.25, -0.2) is 0 Å². The molecule has 21 heavy (non-hydrogen) atoms. The van der Waals surface area contributed by atoms with Gasteiger partial charge in [-0.1, -0.05) is 0 Å². The minimum Gasteiger partial charge on any atom is -0.496 e. The number of amides is 1. The van der Waals surface area contributed by atoms with Gasteiger partial charge in [-0.15, -0.1) is 12.4 Å². The summed E-state index contributed by atoms with van der Waals surface area (Å²) in [7, 11) is 3.12. The quantitative estimate of drug-likeness (QED) is 0.860. The van der Waals surface area contributed by atoms with E-state index in [4.69, 9.17) is 15.2 Å². The third-order valence-electron chi connectivity index (χ3n) is 3.50. The number of aliphatic hydroxyl groups excluding tert-OH is 1. The number of carbonyl (C=O) groups is 1. The van der Waals surface area contributed by atoms with Crippen molar-refractivity contribution in [3.63, 3.8) is 0 Å². The molecule has 0 aliphatic carbocycles. The van der Waals surface area contributed by atoms with E-state index in [-0.39, 0.29) is 31.3 Å². The Bertz CT molecular complexity index is 510. The van der Waals surface area contributed by atoms with Crippen molar-refractivity contribution in [2.75, 3.05) is 27.3 Å². The molecule has 1 aromatic carbocycles. The molecule has 1 aliphatic rings. The van der Waals surface area contributed by atoms with Gasteiger partial charge in [0, 0.05) is 30.6 Å². The number of benzene rings is 1. The molecular weight excluding hydrogens is 296 g/mol. The highest BCUT2D eigenvalue weighted by Crippen LogP contribution is 2.39. The maximum absolute atomic E-state index is 12.0. The van der Waals surface area contributed by atoms with Crippen LogP contribution in [0.1, 0.15) is 23.7 Å². The zero-order valence-corrected chi connectivity index (χ0v) is 13.0. The van der Waals surface area contributed by atoms with Crippen LogP contribution in [0.4, 0.5) is 0 Å². The molecule has 3 N–H and O–H groups in total. The number of nitrogens with zero attached hydrogens (tertiary/aromatic N) is 1. The fraction of sp³-hybridized carbons (Fsp3) is 0.500. The average molecular weight is 317 g/mol. The summed E-state index contributed by atoms with van der Waals surface area (Å²) in [6.07, 6.45) is -0.514. The van der Waals surface area contributed by atoms with Gasteiger partial charge >= 0.3 is 0 Å². The van der Waals surface area contributed by atoms with Crippen molar-refractivity contribution >= 4 is 18.3 Å². The first kappa shape index (κ1) is 17.6. The van der Waals surface area contributed by atoms with E-state index in [2.05, 4.69) is 0 Å². The van der Waals surface area contributed by atoms with Crippen molar-refractivity contribution in [2.45, 2.75) is 19.1 Å². The molecular formula is C14H21ClN2O4. The number of nitrogens with two attached hydrogens (primary N) is 1. The van der Waals surface area contributed by atoms with Crippen molar-refractivity contribution in [3.05, 3.63) is 23.3 Å². The Morgan fingerprint density at radius 2 is 2.00 bits per heavy atom. The van der Waals surface area contributed by atoms with Crippen LogP contribution in [0.5, 0.6) is 11.5 Å². The Balaban J connectivity index is 0.00000220. The van der Waals surface area contributed by atoms with E-state index in [0.717, 1.165) is 5.56 Å². The Kier molecular flexibility index (Phi) is 6.26. The zero-order chi connectivity index (χ0) is 14.7. The van der Waals surface area contributed by atoms with Crippen LogP contribution in [0.2, 0.25) is 0 Å². The van der Waals surface area contributed by atoms with Crippen LogP contribution in [-0.2, 0) is 11.3 Å². The molecule has 0 radical (unpaired) electrons. The molecule has 1 unspecified atom stereocenters. The van der Waals surface area contributed by atoms with E-state index in [0.29, 0.717) is 30.2 Å².